The Kier molecular flexibility index (Phi) is 4.56. The van der Waals surface area contributed by atoms with Crippen molar-refractivity contribution in [1.29, 1.82) is 0 Å². The van der Waals surface area contributed by atoms with Gasteiger partial charge in [-0.05, 0) is 36.2 Å². The largest absolute Gasteiger partial charge is 0.344 e. The molecule has 0 bridgehead atoms. The summed E-state index contributed by atoms with van der Waals surface area (Å²) in [5.74, 6) is -0.932. The Hall–Kier alpha value is -3.68. The monoisotopic (exact) mass is 472 g/mol. The summed E-state index contributed by atoms with van der Waals surface area (Å²) >= 11 is 6.47. The quantitative estimate of drug-likeness (QED) is 0.434. The average Bonchev–Trinajstić information content (AvgIpc) is 3.47. The number of carbonyl (C=O) groups excluding carboxylic acids is 3. The first-order valence-corrected chi connectivity index (χ1v) is 11.5. The van der Waals surface area contributed by atoms with Crippen molar-refractivity contribution in [2.75, 3.05) is 13.1 Å². The van der Waals surface area contributed by atoms with Gasteiger partial charge in [-0.15, -0.1) is 0 Å². The van der Waals surface area contributed by atoms with Crippen LogP contribution in [0.2, 0.25) is 5.02 Å². The van der Waals surface area contributed by atoms with E-state index in [2.05, 4.69) is 5.32 Å². The number of halogens is 1. The topological polar surface area (TPSA) is 97.4 Å². The molecule has 7 nitrogen and oxygen atoms in total. The zero-order valence-corrected chi connectivity index (χ0v) is 19.1. The fraction of sp³-hybridized carbons (Fsp3) is 0.192. The first-order valence-electron chi connectivity index (χ1n) is 11.1. The van der Waals surface area contributed by atoms with Crippen molar-refractivity contribution in [3.63, 3.8) is 0 Å². The molecular weight excluding hydrogens is 452 g/mol. The van der Waals surface area contributed by atoms with Crippen molar-refractivity contribution in [3.8, 4) is 11.1 Å². The van der Waals surface area contributed by atoms with Crippen LogP contribution in [0.3, 0.4) is 0 Å². The Bertz CT molecular complexity index is 1570. The molecule has 3 amide bonds. The van der Waals surface area contributed by atoms with Crippen molar-refractivity contribution >= 4 is 51.1 Å². The van der Waals surface area contributed by atoms with E-state index in [1.807, 2.05) is 48.0 Å². The number of nitrogens with two attached hydrogens (primary N) is 1. The predicted molar refractivity (Wildman–Crippen MR) is 131 cm³/mol. The number of carbonyl (C=O) groups is 3. The lowest BCUT2D eigenvalue weighted by molar-refractivity contribution is 0.0789. The van der Waals surface area contributed by atoms with Crippen LogP contribution < -0.4 is 11.1 Å². The summed E-state index contributed by atoms with van der Waals surface area (Å²) in [5, 5.41) is 4.43. The molecule has 1 fully saturated rings. The molecule has 1 unspecified atom stereocenters. The number of likely N-dealkylation sites (tertiary alicyclic amines) is 1. The van der Waals surface area contributed by atoms with Gasteiger partial charge in [0.25, 0.3) is 17.7 Å². The molecule has 6 rings (SSSR count). The Morgan fingerprint density at radius 2 is 1.79 bits per heavy atom. The maximum absolute atomic E-state index is 13.1. The van der Waals surface area contributed by atoms with Gasteiger partial charge in [-0.3, -0.25) is 19.7 Å². The van der Waals surface area contributed by atoms with Gasteiger partial charge < -0.3 is 15.2 Å². The van der Waals surface area contributed by atoms with Crippen molar-refractivity contribution < 1.29 is 14.4 Å². The minimum atomic E-state index is -0.439. The minimum Gasteiger partial charge on any atom is -0.344 e. The Morgan fingerprint density at radius 1 is 1.03 bits per heavy atom. The van der Waals surface area contributed by atoms with Crippen LogP contribution in [-0.4, -0.2) is 46.3 Å². The second-order valence-corrected chi connectivity index (χ2v) is 9.33. The van der Waals surface area contributed by atoms with Gasteiger partial charge >= 0.3 is 0 Å². The molecule has 3 aromatic carbocycles. The number of aryl methyl sites for hydroxylation is 1. The number of imide groups is 1. The summed E-state index contributed by atoms with van der Waals surface area (Å²) in [4.78, 5) is 40.6. The highest BCUT2D eigenvalue weighted by Crippen LogP contribution is 2.41. The van der Waals surface area contributed by atoms with E-state index in [-0.39, 0.29) is 11.9 Å². The molecule has 170 valence electrons. The van der Waals surface area contributed by atoms with E-state index < -0.39 is 11.8 Å². The first kappa shape index (κ1) is 20.9. The molecule has 1 saturated heterocycles. The van der Waals surface area contributed by atoms with E-state index in [1.165, 1.54) is 0 Å². The molecule has 1 aromatic heterocycles. The average molecular weight is 473 g/mol. The smallest absolute Gasteiger partial charge is 0.259 e. The lowest BCUT2D eigenvalue weighted by Crippen LogP contribution is -2.31. The fourth-order valence-electron chi connectivity index (χ4n) is 5.23. The summed E-state index contributed by atoms with van der Waals surface area (Å²) in [5.41, 5.74) is 10.1. The highest BCUT2D eigenvalue weighted by Gasteiger charge is 2.35. The van der Waals surface area contributed by atoms with Gasteiger partial charge in [0.1, 0.15) is 0 Å². The molecular formula is C26H21ClN4O3. The number of rotatable bonds is 2. The normalized spacial score (nSPS) is 17.6. The predicted octanol–water partition coefficient (Wildman–Crippen LogP) is 3.71. The highest BCUT2D eigenvalue weighted by molar-refractivity contribution is 6.36. The summed E-state index contributed by atoms with van der Waals surface area (Å²) in [7, 11) is 1.89. The molecule has 1 atom stereocenters. The second kappa shape index (κ2) is 7.41. The van der Waals surface area contributed by atoms with E-state index >= 15 is 0 Å². The molecule has 4 aromatic rings. The number of fused-ring (bicyclic) bond motifs is 5. The van der Waals surface area contributed by atoms with Crippen LogP contribution in [0, 0.1) is 0 Å². The summed E-state index contributed by atoms with van der Waals surface area (Å²) in [6.45, 7) is 1.19. The zero-order chi connectivity index (χ0) is 23.7. The lowest BCUT2D eigenvalue weighted by Gasteiger charge is -2.15. The van der Waals surface area contributed by atoms with Crippen LogP contribution >= 0.6 is 11.6 Å². The Labute approximate surface area is 200 Å². The third kappa shape index (κ3) is 2.90. The molecule has 0 radical (unpaired) electrons. The lowest BCUT2D eigenvalue weighted by atomic mass is 9.92. The van der Waals surface area contributed by atoms with Gasteiger partial charge in [-0.25, -0.2) is 0 Å². The third-order valence-electron chi connectivity index (χ3n) is 6.90. The van der Waals surface area contributed by atoms with E-state index in [4.69, 9.17) is 17.3 Å². The van der Waals surface area contributed by atoms with Gasteiger partial charge in [0.15, 0.2) is 0 Å². The Balaban J connectivity index is 1.62. The summed E-state index contributed by atoms with van der Waals surface area (Å²) in [6.07, 6.45) is 0.794. The molecule has 3 heterocycles. The third-order valence-corrected chi connectivity index (χ3v) is 7.23. The number of benzene rings is 3. The summed E-state index contributed by atoms with van der Waals surface area (Å²) < 4.78 is 1.95. The van der Waals surface area contributed by atoms with Gasteiger partial charge in [-0.1, -0.05) is 35.9 Å². The minimum absolute atomic E-state index is 0.00664. The van der Waals surface area contributed by atoms with Crippen LogP contribution in [0.1, 0.15) is 37.5 Å². The number of nitrogens with one attached hydrogen (secondary N) is 1. The van der Waals surface area contributed by atoms with Crippen LogP contribution in [0.5, 0.6) is 0 Å². The number of amides is 3. The van der Waals surface area contributed by atoms with Gasteiger partial charge in [0.2, 0.25) is 0 Å². The maximum Gasteiger partial charge on any atom is 0.259 e. The molecule has 2 aliphatic heterocycles. The van der Waals surface area contributed by atoms with E-state index in [1.54, 1.807) is 17.0 Å². The van der Waals surface area contributed by atoms with Gasteiger partial charge in [0.05, 0.1) is 16.6 Å². The van der Waals surface area contributed by atoms with Crippen molar-refractivity contribution in [1.82, 2.24) is 14.8 Å². The molecule has 0 spiro atoms. The van der Waals surface area contributed by atoms with E-state index in [0.717, 1.165) is 22.8 Å². The standard InChI is InChI=1S/C26H21ClN4O3/c1-30-19-10-13(26(34)31-9-8-14(28)12-31)6-7-16(19)21-20(30)11-17(15-4-2-3-5-18(15)27)22-23(21)25(33)29-24(22)32/h2-7,10-11,14H,8-9,12,28H2,1H3,(H,29,32,33). The maximum atomic E-state index is 13.1. The van der Waals surface area contributed by atoms with Crippen LogP contribution in [0.25, 0.3) is 32.9 Å². The molecule has 34 heavy (non-hydrogen) atoms. The molecule has 0 saturated carbocycles. The molecule has 2 aliphatic rings. The highest BCUT2D eigenvalue weighted by atomic mass is 35.5. The number of nitrogens with zero attached hydrogens (tertiary/aromatic N) is 2. The van der Waals surface area contributed by atoms with Crippen molar-refractivity contribution in [2.24, 2.45) is 12.8 Å². The van der Waals surface area contributed by atoms with Crippen molar-refractivity contribution in [2.45, 2.75) is 12.5 Å². The molecule has 3 N–H and O–H groups in total. The van der Waals surface area contributed by atoms with E-state index in [0.29, 0.717) is 51.3 Å². The first-order chi connectivity index (χ1) is 16.3. The van der Waals surface area contributed by atoms with Crippen LogP contribution in [-0.2, 0) is 7.05 Å². The molecule has 0 aliphatic carbocycles. The van der Waals surface area contributed by atoms with Gasteiger partial charge in [0, 0.05) is 58.6 Å². The number of hydrogen-bond donors (Lipinski definition) is 2. The molecule has 8 heteroatoms. The van der Waals surface area contributed by atoms with E-state index in [9.17, 15) is 14.4 Å². The van der Waals surface area contributed by atoms with Crippen LogP contribution in [0.4, 0.5) is 0 Å². The zero-order valence-electron chi connectivity index (χ0n) is 18.4. The van der Waals surface area contributed by atoms with Crippen molar-refractivity contribution in [3.05, 3.63) is 70.2 Å². The number of aromatic nitrogens is 1. The van der Waals surface area contributed by atoms with Gasteiger partial charge in [-0.2, -0.15) is 0 Å². The fourth-order valence-corrected chi connectivity index (χ4v) is 5.46. The summed E-state index contributed by atoms with van der Waals surface area (Å²) in [6, 6.07) is 14.6. The SMILES string of the molecule is Cn1c2cc(C(=O)N3CCC(N)C3)ccc2c2c3c(c(-c4ccccc4Cl)cc21)C(=O)NC3=O. The number of hydrogen-bond acceptors (Lipinski definition) is 4. The Morgan fingerprint density at radius 3 is 2.53 bits per heavy atom. The van der Waals surface area contributed by atoms with Crippen LogP contribution in [0.15, 0.2) is 48.5 Å². The second-order valence-electron chi connectivity index (χ2n) is 8.92.